The maximum atomic E-state index is 2.43. The van der Waals surface area contributed by atoms with Crippen LogP contribution >= 0.6 is 15.8 Å². The Kier molecular flexibility index (Phi) is 20.5. The molecule has 0 aromatic rings. The molecule has 0 bridgehead atoms. The van der Waals surface area contributed by atoms with Crippen LogP contribution in [-0.4, -0.2) is 22.6 Å². The minimum absolute atomic E-state index is 0. The van der Waals surface area contributed by atoms with E-state index in [4.69, 9.17) is 0 Å². The second-order valence-corrected chi connectivity index (χ2v) is 17.9. The van der Waals surface area contributed by atoms with Crippen LogP contribution in [0.5, 0.6) is 0 Å². The molecule has 220 valence electrons. The summed E-state index contributed by atoms with van der Waals surface area (Å²) in [6, 6.07) is 0. The molecule has 0 N–H and O–H groups in total. The molecule has 0 aromatic carbocycles. The average molecular weight is 766 g/mol. The maximum Gasteiger partial charge on any atom is 2.00 e. The largest absolute Gasteiger partial charge is 2.00 e. The maximum absolute atomic E-state index is 2.43. The first kappa shape index (κ1) is 37.6. The molecule has 6 aliphatic rings. The standard InChI is InChI=1S/2C17H26P.ClH.Pd.Ru/c2*1-3-9-15(10-4-1)18(17-13-7-8-14-17)16-11-5-2-6-12-16;;;/h2*7-8,13-16H,1-6,9-12H2;1H;;/q;;;2*+2/p-1. The molecule has 6 saturated carbocycles. The van der Waals surface area contributed by atoms with Gasteiger partial charge >= 0.3 is 39.9 Å². The molecule has 0 aromatic heterocycles. The molecular weight excluding hydrogens is 713 g/mol. The zero-order valence-corrected chi connectivity index (χ0v) is 29.8. The summed E-state index contributed by atoms with van der Waals surface area (Å²) in [6.07, 6.45) is 48.9. The third-order valence-corrected chi connectivity index (χ3v) is 16.8. The molecule has 0 unspecified atom stereocenters. The van der Waals surface area contributed by atoms with Crippen LogP contribution in [0.3, 0.4) is 0 Å². The second kappa shape index (κ2) is 21.2. The van der Waals surface area contributed by atoms with Gasteiger partial charge in [0.1, 0.15) is 0 Å². The van der Waals surface area contributed by atoms with E-state index in [0.717, 1.165) is 22.6 Å². The third kappa shape index (κ3) is 11.4. The molecule has 0 atom stereocenters. The van der Waals surface area contributed by atoms with Crippen molar-refractivity contribution < 1.29 is 52.3 Å². The van der Waals surface area contributed by atoms with Crippen molar-refractivity contribution >= 4 is 15.8 Å². The van der Waals surface area contributed by atoms with Gasteiger partial charge in [-0.3, -0.25) is 0 Å². The van der Waals surface area contributed by atoms with Gasteiger partial charge in [-0.15, -0.1) is 0 Å². The fraction of sp³-hybridized carbons (Fsp3) is 0.706. The molecule has 0 heterocycles. The zero-order chi connectivity index (χ0) is 24.4. The first-order valence-electron chi connectivity index (χ1n) is 15.9. The van der Waals surface area contributed by atoms with Gasteiger partial charge < -0.3 is 12.4 Å². The molecule has 6 aliphatic carbocycles. The number of rotatable bonds is 6. The van der Waals surface area contributed by atoms with Gasteiger partial charge in [0, 0.05) is 11.3 Å². The molecule has 0 spiro atoms. The van der Waals surface area contributed by atoms with Gasteiger partial charge in [-0.2, -0.15) is 0 Å². The van der Waals surface area contributed by atoms with E-state index < -0.39 is 0 Å². The Morgan fingerprint density at radius 3 is 0.795 bits per heavy atom. The van der Waals surface area contributed by atoms with Gasteiger partial charge in [0.05, 0.1) is 0 Å². The van der Waals surface area contributed by atoms with Crippen LogP contribution in [0.4, 0.5) is 0 Å². The minimum Gasteiger partial charge on any atom is -1.00 e. The van der Waals surface area contributed by atoms with Crippen molar-refractivity contribution in [1.29, 1.82) is 0 Å². The van der Waals surface area contributed by atoms with Crippen molar-refractivity contribution in [3.05, 3.63) is 62.7 Å². The molecule has 0 aliphatic heterocycles. The van der Waals surface area contributed by atoms with E-state index in [1.165, 1.54) is 128 Å². The monoisotopic (exact) mass is 765 g/mol. The molecule has 39 heavy (non-hydrogen) atoms. The minimum atomic E-state index is 0. The Balaban J connectivity index is 0.000000254. The van der Waals surface area contributed by atoms with E-state index in [0.29, 0.717) is 0 Å². The van der Waals surface area contributed by atoms with Gasteiger partial charge in [0.15, 0.2) is 0 Å². The number of halogens is 1. The van der Waals surface area contributed by atoms with Gasteiger partial charge in [-0.25, -0.2) is 0 Å². The van der Waals surface area contributed by atoms with Crippen LogP contribution in [0.1, 0.15) is 128 Å². The molecule has 5 heteroatoms. The summed E-state index contributed by atoms with van der Waals surface area (Å²) in [6.45, 7) is 0. The molecule has 6 rings (SSSR count). The Labute approximate surface area is 280 Å². The zero-order valence-electron chi connectivity index (χ0n) is 24.0. The van der Waals surface area contributed by atoms with E-state index in [1.54, 1.807) is 11.3 Å². The van der Waals surface area contributed by atoms with Crippen LogP contribution < -0.4 is 12.4 Å². The van der Waals surface area contributed by atoms with Gasteiger partial charge in [-0.05, 0) is 125 Å². The summed E-state index contributed by atoms with van der Waals surface area (Å²) in [7, 11) is 0.290. The number of hydrogen-bond acceptors (Lipinski definition) is 0. The van der Waals surface area contributed by atoms with Crippen LogP contribution in [0, 0.1) is 62.7 Å². The van der Waals surface area contributed by atoms with Crippen molar-refractivity contribution in [2.24, 2.45) is 0 Å². The van der Waals surface area contributed by atoms with Crippen molar-refractivity contribution in [2.75, 3.05) is 0 Å². The molecule has 0 saturated heterocycles. The van der Waals surface area contributed by atoms with E-state index in [1.807, 2.05) is 0 Å². The Bertz CT molecular complexity index is 500. The fourth-order valence-electron chi connectivity index (χ4n) is 7.95. The normalized spacial score (nSPS) is 26.9. The molecule has 6 fully saturated rings. The molecular formula is C34H52ClP2PdRu+3. The van der Waals surface area contributed by atoms with E-state index in [2.05, 4.69) is 51.4 Å². The SMILES string of the molecule is [CH]1[CH][CH][C](P(C2CCCCC2)C2CCCCC2)[CH]1.[CH]1[CH][CH][C](P(C2CCCCC2)C2CCCCC2)[CH]1.[Cl-].[Pd+2].[Ru+2]. The van der Waals surface area contributed by atoms with Crippen LogP contribution in [0.25, 0.3) is 0 Å². The van der Waals surface area contributed by atoms with Gasteiger partial charge in [0.25, 0.3) is 0 Å². The summed E-state index contributed by atoms with van der Waals surface area (Å²) in [5.41, 5.74) is 7.67. The van der Waals surface area contributed by atoms with Crippen LogP contribution in [0.15, 0.2) is 0 Å². The van der Waals surface area contributed by atoms with Crippen LogP contribution in [-0.2, 0) is 39.9 Å². The second-order valence-electron chi connectivity index (χ2n) is 12.3. The summed E-state index contributed by atoms with van der Waals surface area (Å²) in [5, 5.41) is 0. The Hall–Kier alpha value is 2.44. The molecule has 0 amide bonds. The van der Waals surface area contributed by atoms with Gasteiger partial charge in [0.2, 0.25) is 0 Å². The fourth-order valence-corrected chi connectivity index (χ4v) is 15.5. The Morgan fingerprint density at radius 1 is 0.385 bits per heavy atom. The average Bonchev–Trinajstić information content (AvgIpc) is 3.68. The van der Waals surface area contributed by atoms with Gasteiger partial charge in [-0.1, -0.05) is 92.9 Å². The summed E-state index contributed by atoms with van der Waals surface area (Å²) < 4.78 is 0. The van der Waals surface area contributed by atoms with Crippen molar-refractivity contribution in [3.63, 3.8) is 0 Å². The van der Waals surface area contributed by atoms with E-state index >= 15 is 0 Å². The number of hydrogen-bond donors (Lipinski definition) is 0. The first-order valence-corrected chi connectivity index (χ1v) is 18.9. The van der Waals surface area contributed by atoms with E-state index in [9.17, 15) is 0 Å². The topological polar surface area (TPSA) is 0 Å². The summed E-state index contributed by atoms with van der Waals surface area (Å²) in [4.78, 5) is 0. The predicted molar refractivity (Wildman–Crippen MR) is 162 cm³/mol. The van der Waals surface area contributed by atoms with E-state index in [-0.39, 0.29) is 68.2 Å². The smallest absolute Gasteiger partial charge is 1.00 e. The summed E-state index contributed by atoms with van der Waals surface area (Å²) >= 11 is 0. The molecule has 0 nitrogen and oxygen atoms in total. The summed E-state index contributed by atoms with van der Waals surface area (Å²) in [5.74, 6) is 0. The molecule has 10 radical (unpaired) electrons. The first-order chi connectivity index (χ1) is 17.9. The predicted octanol–water partition coefficient (Wildman–Crippen LogP) is 7.99. The quantitative estimate of drug-likeness (QED) is 0.190. The van der Waals surface area contributed by atoms with Crippen LogP contribution in [0.2, 0.25) is 0 Å². The van der Waals surface area contributed by atoms with Crippen molar-refractivity contribution in [1.82, 2.24) is 0 Å². The van der Waals surface area contributed by atoms with Crippen molar-refractivity contribution in [2.45, 2.75) is 151 Å². The van der Waals surface area contributed by atoms with Crippen molar-refractivity contribution in [3.8, 4) is 0 Å². The Morgan fingerprint density at radius 2 is 0.590 bits per heavy atom. The third-order valence-electron chi connectivity index (χ3n) is 9.76.